The van der Waals surface area contributed by atoms with Gasteiger partial charge in [0.05, 0.1) is 12.7 Å². The van der Waals surface area contributed by atoms with Gasteiger partial charge in [0.2, 0.25) is 0 Å². The van der Waals surface area contributed by atoms with Crippen molar-refractivity contribution in [2.75, 3.05) is 13.2 Å². The normalized spacial score (nSPS) is 14.6. The van der Waals surface area contributed by atoms with Crippen LogP contribution >= 0.6 is 0 Å². The number of hydrogen-bond donors (Lipinski definition) is 3. The Morgan fingerprint density at radius 2 is 1.89 bits per heavy atom. The number of carboxylic acids is 1. The van der Waals surface area contributed by atoms with E-state index in [-0.39, 0.29) is 13.0 Å². The monoisotopic (exact) mass is 277 g/mol. The Labute approximate surface area is 112 Å². The Morgan fingerprint density at radius 1 is 1.32 bits per heavy atom. The number of hydrogen-bond acceptors (Lipinski definition) is 5. The number of carbonyl (C=O) groups excluding carboxylic acids is 1. The molecular formula is C12H23NO6. The maximum Gasteiger partial charge on any atom is 0.408 e. The maximum atomic E-state index is 11.5. The lowest BCUT2D eigenvalue weighted by molar-refractivity contribution is -0.140. The molecule has 0 aliphatic carbocycles. The zero-order valence-corrected chi connectivity index (χ0v) is 11.8. The maximum absolute atomic E-state index is 11.5. The highest BCUT2D eigenvalue weighted by Crippen LogP contribution is 2.08. The first-order valence-corrected chi connectivity index (χ1v) is 6.13. The van der Waals surface area contributed by atoms with Gasteiger partial charge in [0, 0.05) is 13.0 Å². The van der Waals surface area contributed by atoms with Crippen molar-refractivity contribution in [3.63, 3.8) is 0 Å². The van der Waals surface area contributed by atoms with Crippen molar-refractivity contribution in [1.29, 1.82) is 0 Å². The summed E-state index contributed by atoms with van der Waals surface area (Å²) < 4.78 is 9.93. The summed E-state index contributed by atoms with van der Waals surface area (Å²) in [5.74, 6) is -1.23. The van der Waals surface area contributed by atoms with Crippen LogP contribution in [0.15, 0.2) is 0 Å². The molecule has 112 valence electrons. The third kappa shape index (κ3) is 9.26. The minimum atomic E-state index is -1.23. The first-order valence-electron chi connectivity index (χ1n) is 6.13. The summed E-state index contributed by atoms with van der Waals surface area (Å²) in [5, 5.41) is 20.7. The fourth-order valence-electron chi connectivity index (χ4n) is 1.27. The lowest BCUT2D eigenvalue weighted by atomic mass is 10.1. The number of alkyl carbamates (subject to hydrolysis) is 1. The number of aliphatic hydroxyl groups excluding tert-OH is 1. The zero-order chi connectivity index (χ0) is 15.1. The molecule has 3 N–H and O–H groups in total. The van der Waals surface area contributed by atoms with Gasteiger partial charge in [0.1, 0.15) is 11.6 Å². The molecule has 2 atom stereocenters. The van der Waals surface area contributed by atoms with Crippen molar-refractivity contribution in [2.45, 2.75) is 51.9 Å². The number of aliphatic hydroxyl groups is 1. The minimum Gasteiger partial charge on any atom is -0.480 e. The van der Waals surface area contributed by atoms with Crippen molar-refractivity contribution in [3.8, 4) is 0 Å². The average molecular weight is 277 g/mol. The SMILES string of the molecule is CCOCC(O)CC(NC(=O)OC(C)(C)C)C(=O)O. The summed E-state index contributed by atoms with van der Waals surface area (Å²) in [7, 11) is 0. The molecule has 7 heteroatoms. The minimum absolute atomic E-state index is 0.0241. The Morgan fingerprint density at radius 3 is 2.32 bits per heavy atom. The Balaban J connectivity index is 4.34. The van der Waals surface area contributed by atoms with Crippen LogP contribution in [0, 0.1) is 0 Å². The van der Waals surface area contributed by atoms with E-state index in [0.29, 0.717) is 6.61 Å². The van der Waals surface area contributed by atoms with Gasteiger partial charge in [0.25, 0.3) is 0 Å². The number of aliphatic carboxylic acids is 1. The number of carboxylic acid groups (broad SMARTS) is 1. The summed E-state index contributed by atoms with van der Waals surface area (Å²) in [6.07, 6.45) is -1.94. The second-order valence-corrected chi connectivity index (χ2v) is 5.09. The van der Waals surface area contributed by atoms with E-state index >= 15 is 0 Å². The second-order valence-electron chi connectivity index (χ2n) is 5.09. The summed E-state index contributed by atoms with van der Waals surface area (Å²) in [6, 6.07) is -1.22. The predicted octanol–water partition coefficient (Wildman–Crippen LogP) is 0.752. The Bertz CT molecular complexity index is 299. The number of carbonyl (C=O) groups is 2. The number of rotatable bonds is 7. The molecule has 1 amide bonds. The van der Waals surface area contributed by atoms with E-state index in [1.807, 2.05) is 0 Å². The van der Waals surface area contributed by atoms with Crippen LogP contribution < -0.4 is 5.32 Å². The van der Waals surface area contributed by atoms with Crippen molar-refractivity contribution in [3.05, 3.63) is 0 Å². The van der Waals surface area contributed by atoms with E-state index in [0.717, 1.165) is 0 Å². The van der Waals surface area contributed by atoms with Gasteiger partial charge in [-0.3, -0.25) is 0 Å². The quantitative estimate of drug-likeness (QED) is 0.634. The summed E-state index contributed by atoms with van der Waals surface area (Å²) in [4.78, 5) is 22.4. The molecule has 0 fully saturated rings. The summed E-state index contributed by atoms with van der Waals surface area (Å²) in [5.41, 5.74) is -0.711. The predicted molar refractivity (Wildman–Crippen MR) is 67.9 cm³/mol. The van der Waals surface area contributed by atoms with Gasteiger partial charge in [-0.15, -0.1) is 0 Å². The van der Waals surface area contributed by atoms with Gasteiger partial charge < -0.3 is 25.0 Å². The van der Waals surface area contributed by atoms with Crippen LogP contribution in [0.2, 0.25) is 0 Å². The molecular weight excluding hydrogens is 254 g/mol. The van der Waals surface area contributed by atoms with Gasteiger partial charge in [0.15, 0.2) is 0 Å². The van der Waals surface area contributed by atoms with Crippen molar-refractivity contribution in [1.82, 2.24) is 5.32 Å². The smallest absolute Gasteiger partial charge is 0.408 e. The first kappa shape index (κ1) is 17.7. The fourth-order valence-corrected chi connectivity index (χ4v) is 1.27. The third-order valence-electron chi connectivity index (χ3n) is 2.01. The van der Waals surface area contributed by atoms with Crippen LogP contribution in [-0.2, 0) is 14.3 Å². The first-order chi connectivity index (χ1) is 8.65. The van der Waals surface area contributed by atoms with E-state index in [1.165, 1.54) is 0 Å². The number of nitrogens with one attached hydrogen (secondary N) is 1. The van der Waals surface area contributed by atoms with Crippen LogP contribution in [0.3, 0.4) is 0 Å². The van der Waals surface area contributed by atoms with Gasteiger partial charge in [-0.05, 0) is 27.7 Å². The molecule has 0 aliphatic heterocycles. The van der Waals surface area contributed by atoms with E-state index < -0.39 is 29.8 Å². The van der Waals surface area contributed by atoms with E-state index in [1.54, 1.807) is 27.7 Å². The van der Waals surface area contributed by atoms with Crippen molar-refractivity contribution in [2.24, 2.45) is 0 Å². The highest BCUT2D eigenvalue weighted by atomic mass is 16.6. The molecule has 0 spiro atoms. The molecule has 19 heavy (non-hydrogen) atoms. The number of amides is 1. The molecule has 0 aliphatic rings. The standard InChI is InChI=1S/C12H23NO6/c1-5-18-7-8(14)6-9(10(15)16)13-11(17)19-12(2,3)4/h8-9,14H,5-7H2,1-4H3,(H,13,17)(H,15,16). The van der Waals surface area contributed by atoms with Gasteiger partial charge >= 0.3 is 12.1 Å². The lowest BCUT2D eigenvalue weighted by Crippen LogP contribution is -2.45. The molecule has 2 unspecified atom stereocenters. The molecule has 7 nitrogen and oxygen atoms in total. The Hall–Kier alpha value is -1.34. The van der Waals surface area contributed by atoms with Crippen molar-refractivity contribution >= 4 is 12.1 Å². The molecule has 0 bridgehead atoms. The topological polar surface area (TPSA) is 105 Å². The number of ether oxygens (including phenoxy) is 2. The molecule has 0 aromatic carbocycles. The second kappa shape index (κ2) is 7.96. The van der Waals surface area contributed by atoms with Crippen LogP contribution in [-0.4, -0.2) is 53.2 Å². The molecule has 0 aromatic rings. The highest BCUT2D eigenvalue weighted by molar-refractivity contribution is 5.80. The molecule has 0 rings (SSSR count). The Kier molecular flexibility index (Phi) is 7.40. The van der Waals surface area contributed by atoms with E-state index in [9.17, 15) is 14.7 Å². The van der Waals surface area contributed by atoms with Crippen LogP contribution in [0.4, 0.5) is 4.79 Å². The van der Waals surface area contributed by atoms with Gasteiger partial charge in [-0.25, -0.2) is 9.59 Å². The largest absolute Gasteiger partial charge is 0.480 e. The van der Waals surface area contributed by atoms with E-state index in [4.69, 9.17) is 14.6 Å². The molecule has 0 aromatic heterocycles. The van der Waals surface area contributed by atoms with Crippen molar-refractivity contribution < 1.29 is 29.3 Å². The van der Waals surface area contributed by atoms with E-state index in [2.05, 4.69) is 5.32 Å². The average Bonchev–Trinajstić information content (AvgIpc) is 2.22. The molecule has 0 heterocycles. The lowest BCUT2D eigenvalue weighted by Gasteiger charge is -2.23. The molecule has 0 radical (unpaired) electrons. The van der Waals surface area contributed by atoms with Gasteiger partial charge in [-0.1, -0.05) is 0 Å². The van der Waals surface area contributed by atoms with Crippen LogP contribution in [0.1, 0.15) is 34.1 Å². The highest BCUT2D eigenvalue weighted by Gasteiger charge is 2.26. The summed E-state index contributed by atoms with van der Waals surface area (Å²) >= 11 is 0. The zero-order valence-electron chi connectivity index (χ0n) is 11.8. The van der Waals surface area contributed by atoms with Gasteiger partial charge in [-0.2, -0.15) is 0 Å². The molecule has 0 saturated heterocycles. The molecule has 0 saturated carbocycles. The van der Waals surface area contributed by atoms with Crippen LogP contribution in [0.25, 0.3) is 0 Å². The summed E-state index contributed by atoms with van der Waals surface area (Å²) in [6.45, 7) is 7.23. The van der Waals surface area contributed by atoms with Crippen LogP contribution in [0.5, 0.6) is 0 Å². The third-order valence-corrected chi connectivity index (χ3v) is 2.01. The fraction of sp³-hybridized carbons (Fsp3) is 0.833.